The highest BCUT2D eigenvalue weighted by Crippen LogP contribution is 2.10. The third kappa shape index (κ3) is 1.42. The smallest absolute Gasteiger partial charge is 0.335 e. The second-order valence-electron chi connectivity index (χ2n) is 3.21. The molecule has 5 heteroatoms. The van der Waals surface area contributed by atoms with E-state index >= 15 is 0 Å². The Morgan fingerprint density at radius 3 is 2.81 bits per heavy atom. The van der Waals surface area contributed by atoms with Crippen LogP contribution in [0.1, 0.15) is 15.9 Å². The van der Waals surface area contributed by atoms with Crippen LogP contribution in [0.5, 0.6) is 0 Å². The maximum Gasteiger partial charge on any atom is 0.335 e. The monoisotopic (exact) mass is 214 g/mol. The fraction of sp³-hybridized carbons (Fsp3) is 0. The summed E-state index contributed by atoms with van der Waals surface area (Å²) in [6, 6.07) is 5.90. The Kier molecular flexibility index (Phi) is 2.18. The van der Waals surface area contributed by atoms with Gasteiger partial charge in [0.15, 0.2) is 0 Å². The fourth-order valence-electron chi connectivity index (χ4n) is 1.43. The van der Waals surface area contributed by atoms with Crippen molar-refractivity contribution in [3.05, 3.63) is 45.7 Å². The van der Waals surface area contributed by atoms with Crippen molar-refractivity contribution in [1.29, 1.82) is 5.26 Å². The molecule has 16 heavy (non-hydrogen) atoms. The molecule has 1 aromatic heterocycles. The summed E-state index contributed by atoms with van der Waals surface area (Å²) in [5.74, 6) is -1.11. The lowest BCUT2D eigenvalue weighted by Gasteiger charge is -1.99. The number of carboxylic acid groups (broad SMARTS) is 1. The average molecular weight is 214 g/mol. The van der Waals surface area contributed by atoms with E-state index < -0.39 is 11.4 Å². The molecule has 0 saturated heterocycles. The molecule has 0 radical (unpaired) electrons. The molecular formula is C11H6N2O3. The number of nitriles is 1. The number of hydrogen-bond acceptors (Lipinski definition) is 3. The van der Waals surface area contributed by atoms with E-state index in [4.69, 9.17) is 10.4 Å². The summed E-state index contributed by atoms with van der Waals surface area (Å²) >= 11 is 0. The topological polar surface area (TPSA) is 93.9 Å². The number of aromatic amines is 1. The zero-order valence-electron chi connectivity index (χ0n) is 8.02. The first-order valence-corrected chi connectivity index (χ1v) is 4.42. The van der Waals surface area contributed by atoms with Gasteiger partial charge in [-0.15, -0.1) is 0 Å². The molecule has 1 heterocycles. The molecule has 2 rings (SSSR count). The molecule has 0 spiro atoms. The largest absolute Gasteiger partial charge is 0.478 e. The number of benzene rings is 1. The van der Waals surface area contributed by atoms with Gasteiger partial charge in [-0.25, -0.2) is 4.79 Å². The number of aromatic carboxylic acids is 1. The van der Waals surface area contributed by atoms with Gasteiger partial charge in [-0.2, -0.15) is 5.26 Å². The Balaban J connectivity index is 2.86. The normalized spacial score (nSPS) is 9.94. The molecule has 0 unspecified atom stereocenters. The summed E-state index contributed by atoms with van der Waals surface area (Å²) in [5.41, 5.74) is 0.0384. The van der Waals surface area contributed by atoms with Crippen molar-refractivity contribution < 1.29 is 9.90 Å². The standard InChI is InChI=1S/C11H6N2O3/c12-4-7-5-13-9-2-1-6(11(15)16)3-8(9)10(7)14/h1-3,5H,(H,13,14)(H,15,16). The van der Waals surface area contributed by atoms with E-state index in [0.717, 1.165) is 0 Å². The Bertz CT molecular complexity index is 680. The van der Waals surface area contributed by atoms with Crippen LogP contribution in [0, 0.1) is 11.3 Å². The van der Waals surface area contributed by atoms with Crippen LogP contribution in [0.4, 0.5) is 0 Å². The van der Waals surface area contributed by atoms with E-state index in [1.165, 1.54) is 24.4 Å². The van der Waals surface area contributed by atoms with Gasteiger partial charge in [-0.3, -0.25) is 4.79 Å². The Morgan fingerprint density at radius 1 is 1.44 bits per heavy atom. The number of rotatable bonds is 1. The van der Waals surface area contributed by atoms with Crippen molar-refractivity contribution in [3.8, 4) is 6.07 Å². The van der Waals surface area contributed by atoms with Gasteiger partial charge in [0.2, 0.25) is 5.43 Å². The number of nitrogens with one attached hydrogen (secondary N) is 1. The molecule has 0 saturated carbocycles. The zero-order valence-corrected chi connectivity index (χ0v) is 8.02. The minimum absolute atomic E-state index is 0.0214. The van der Waals surface area contributed by atoms with Gasteiger partial charge in [0.25, 0.3) is 0 Å². The molecule has 0 amide bonds. The van der Waals surface area contributed by atoms with E-state index in [0.29, 0.717) is 5.52 Å². The molecule has 0 aliphatic rings. The number of carbonyl (C=O) groups is 1. The first-order valence-electron chi connectivity index (χ1n) is 4.42. The van der Waals surface area contributed by atoms with Gasteiger partial charge in [-0.05, 0) is 18.2 Å². The molecule has 2 N–H and O–H groups in total. The number of fused-ring (bicyclic) bond motifs is 1. The van der Waals surface area contributed by atoms with E-state index in [9.17, 15) is 9.59 Å². The van der Waals surface area contributed by atoms with E-state index in [-0.39, 0.29) is 16.5 Å². The summed E-state index contributed by atoms with van der Waals surface area (Å²) in [5, 5.41) is 17.7. The SMILES string of the molecule is N#Cc1c[nH]c2ccc(C(=O)O)cc2c1=O. The highest BCUT2D eigenvalue weighted by molar-refractivity contribution is 5.93. The molecule has 0 aliphatic heterocycles. The van der Waals surface area contributed by atoms with Crippen LogP contribution < -0.4 is 5.43 Å². The van der Waals surface area contributed by atoms with Crippen molar-refractivity contribution in [2.45, 2.75) is 0 Å². The predicted molar refractivity (Wildman–Crippen MR) is 56.2 cm³/mol. The van der Waals surface area contributed by atoms with E-state index in [2.05, 4.69) is 4.98 Å². The Labute approximate surface area is 89.6 Å². The van der Waals surface area contributed by atoms with Crippen molar-refractivity contribution in [2.75, 3.05) is 0 Å². The minimum Gasteiger partial charge on any atom is -0.478 e. The van der Waals surface area contributed by atoms with E-state index in [1.807, 2.05) is 0 Å². The third-order valence-electron chi connectivity index (χ3n) is 2.25. The molecular weight excluding hydrogens is 208 g/mol. The van der Waals surface area contributed by atoms with Crippen molar-refractivity contribution in [1.82, 2.24) is 4.98 Å². The van der Waals surface area contributed by atoms with Gasteiger partial charge in [-0.1, -0.05) is 0 Å². The molecule has 1 aromatic carbocycles. The maximum absolute atomic E-state index is 11.7. The first kappa shape index (κ1) is 9.93. The summed E-state index contributed by atoms with van der Waals surface area (Å²) < 4.78 is 0. The van der Waals surface area contributed by atoms with Gasteiger partial charge in [0.05, 0.1) is 5.56 Å². The van der Waals surface area contributed by atoms with Crippen LogP contribution in [0.2, 0.25) is 0 Å². The first-order chi connectivity index (χ1) is 7.63. The van der Waals surface area contributed by atoms with Gasteiger partial charge in [0, 0.05) is 17.1 Å². The van der Waals surface area contributed by atoms with Crippen LogP contribution in [-0.4, -0.2) is 16.1 Å². The number of nitrogens with zero attached hydrogens (tertiary/aromatic N) is 1. The lowest BCUT2D eigenvalue weighted by Crippen LogP contribution is -2.08. The quantitative estimate of drug-likeness (QED) is 0.743. The summed E-state index contributed by atoms with van der Waals surface area (Å²) in [6.45, 7) is 0. The van der Waals surface area contributed by atoms with Crippen LogP contribution in [-0.2, 0) is 0 Å². The number of H-pyrrole nitrogens is 1. The molecule has 0 atom stereocenters. The van der Waals surface area contributed by atoms with Gasteiger partial charge in [0.1, 0.15) is 11.6 Å². The summed E-state index contributed by atoms with van der Waals surface area (Å²) in [7, 11) is 0. The van der Waals surface area contributed by atoms with Crippen molar-refractivity contribution in [2.24, 2.45) is 0 Å². The number of aromatic nitrogens is 1. The molecule has 0 fully saturated rings. The van der Waals surface area contributed by atoms with Crippen molar-refractivity contribution >= 4 is 16.9 Å². The Hall–Kier alpha value is -2.61. The molecule has 2 aromatic rings. The predicted octanol–water partition coefficient (Wildman–Crippen LogP) is 1.10. The fourth-order valence-corrected chi connectivity index (χ4v) is 1.43. The van der Waals surface area contributed by atoms with Crippen LogP contribution in [0.15, 0.2) is 29.2 Å². The second-order valence-corrected chi connectivity index (χ2v) is 3.21. The van der Waals surface area contributed by atoms with Crippen molar-refractivity contribution in [3.63, 3.8) is 0 Å². The van der Waals surface area contributed by atoms with E-state index in [1.54, 1.807) is 6.07 Å². The summed E-state index contributed by atoms with van der Waals surface area (Å²) in [6.07, 6.45) is 1.31. The maximum atomic E-state index is 11.7. The Morgan fingerprint density at radius 2 is 2.19 bits per heavy atom. The second kappa shape index (κ2) is 3.51. The number of pyridine rings is 1. The lowest BCUT2D eigenvalue weighted by atomic mass is 10.1. The molecule has 5 nitrogen and oxygen atoms in total. The van der Waals surface area contributed by atoms with Crippen LogP contribution >= 0.6 is 0 Å². The van der Waals surface area contributed by atoms with Crippen LogP contribution in [0.25, 0.3) is 10.9 Å². The minimum atomic E-state index is -1.11. The van der Waals surface area contributed by atoms with Crippen LogP contribution in [0.3, 0.4) is 0 Å². The zero-order chi connectivity index (χ0) is 11.7. The highest BCUT2D eigenvalue weighted by Gasteiger charge is 2.08. The average Bonchev–Trinajstić information content (AvgIpc) is 2.29. The third-order valence-corrected chi connectivity index (χ3v) is 2.25. The molecule has 0 bridgehead atoms. The van der Waals surface area contributed by atoms with Gasteiger partial charge >= 0.3 is 5.97 Å². The number of carboxylic acids is 1. The summed E-state index contributed by atoms with van der Waals surface area (Å²) in [4.78, 5) is 25.2. The molecule has 0 aliphatic carbocycles. The van der Waals surface area contributed by atoms with Gasteiger partial charge < -0.3 is 10.1 Å². The number of hydrogen-bond donors (Lipinski definition) is 2. The lowest BCUT2D eigenvalue weighted by molar-refractivity contribution is 0.0697. The highest BCUT2D eigenvalue weighted by atomic mass is 16.4. The molecule has 78 valence electrons.